The third kappa shape index (κ3) is 2.90. The zero-order valence-corrected chi connectivity index (χ0v) is 18.5. The van der Waals surface area contributed by atoms with E-state index >= 15 is 0 Å². The number of rotatable bonds is 5. The minimum atomic E-state index is -1.60. The molecular weight excluding hydrogens is 430 g/mol. The Morgan fingerprint density at radius 2 is 1.56 bits per heavy atom. The Labute approximate surface area is 197 Å². The minimum Gasteiger partial charge on any atom is -0.339 e. The molecule has 3 aromatic carbocycles. The van der Waals surface area contributed by atoms with Gasteiger partial charge in [-0.15, -0.1) is 0 Å². The van der Waals surface area contributed by atoms with Gasteiger partial charge in [0, 0.05) is 23.4 Å². The quantitative estimate of drug-likeness (QED) is 0.602. The number of nitrogens with one attached hydrogen (secondary N) is 1. The summed E-state index contributed by atoms with van der Waals surface area (Å²) in [6, 6.07) is 23.8. The molecule has 4 amide bonds. The van der Waals surface area contributed by atoms with Gasteiger partial charge in [-0.2, -0.15) is 0 Å². The molecule has 0 bridgehead atoms. The first kappa shape index (κ1) is 21.6. The number of likely N-dealkylation sites (N-methyl/N-ethyl adjacent to an activating group) is 1. The average molecular weight is 453 g/mol. The molecular formula is C27H23N3O4. The number of carbonyl (C=O) groups excluding carboxylic acids is 4. The molecule has 2 aliphatic rings. The van der Waals surface area contributed by atoms with Crippen LogP contribution in [0.2, 0.25) is 0 Å². The van der Waals surface area contributed by atoms with Gasteiger partial charge in [0.2, 0.25) is 6.41 Å². The van der Waals surface area contributed by atoms with E-state index < -0.39 is 29.3 Å². The van der Waals surface area contributed by atoms with Crippen molar-refractivity contribution in [2.75, 3.05) is 11.4 Å². The van der Waals surface area contributed by atoms with Crippen LogP contribution < -0.4 is 10.2 Å². The maximum atomic E-state index is 14.1. The molecule has 1 fully saturated rings. The fraction of sp³-hybridized carbons (Fsp3) is 0.185. The smallest absolute Gasteiger partial charge is 0.258 e. The van der Waals surface area contributed by atoms with Gasteiger partial charge in [-0.3, -0.25) is 24.1 Å². The fourth-order valence-electron chi connectivity index (χ4n) is 5.35. The second kappa shape index (κ2) is 8.26. The third-order valence-electron chi connectivity index (χ3n) is 6.75. The molecule has 1 saturated heterocycles. The van der Waals surface area contributed by atoms with Gasteiger partial charge < -0.3 is 10.2 Å². The summed E-state index contributed by atoms with van der Waals surface area (Å²) in [5, 5.41) is 2.83. The van der Waals surface area contributed by atoms with Gasteiger partial charge in [-0.25, -0.2) is 0 Å². The van der Waals surface area contributed by atoms with Gasteiger partial charge in [-0.05, 0) is 30.7 Å². The Morgan fingerprint density at radius 3 is 2.21 bits per heavy atom. The molecule has 1 spiro atoms. The lowest BCUT2D eigenvalue weighted by atomic mass is 9.74. The van der Waals surface area contributed by atoms with Crippen LogP contribution in [0.5, 0.6) is 0 Å². The highest BCUT2D eigenvalue weighted by Gasteiger charge is 2.69. The Hall–Kier alpha value is -4.26. The highest BCUT2D eigenvalue weighted by Crippen LogP contribution is 2.56. The van der Waals surface area contributed by atoms with E-state index in [9.17, 15) is 19.2 Å². The Morgan fingerprint density at radius 1 is 0.941 bits per heavy atom. The van der Waals surface area contributed by atoms with Crippen LogP contribution in [0.1, 0.15) is 34.3 Å². The maximum Gasteiger partial charge on any atom is 0.258 e. The summed E-state index contributed by atoms with van der Waals surface area (Å²) in [6.07, 6.45) is 0.417. The number of imide groups is 1. The summed E-state index contributed by atoms with van der Waals surface area (Å²) in [6.45, 7) is 2.23. The van der Waals surface area contributed by atoms with Crippen molar-refractivity contribution in [1.29, 1.82) is 0 Å². The zero-order chi connectivity index (χ0) is 23.9. The summed E-state index contributed by atoms with van der Waals surface area (Å²) in [5.41, 5.74) is 0.702. The van der Waals surface area contributed by atoms with Crippen molar-refractivity contribution in [3.05, 3.63) is 102 Å². The first-order chi connectivity index (χ1) is 16.6. The second-order valence-corrected chi connectivity index (χ2v) is 8.35. The van der Waals surface area contributed by atoms with Crippen molar-refractivity contribution in [2.45, 2.75) is 24.4 Å². The number of nitrogens with zero attached hydrogens (tertiary/aromatic N) is 2. The van der Waals surface area contributed by atoms with Crippen LogP contribution in [0.25, 0.3) is 0 Å². The van der Waals surface area contributed by atoms with Crippen molar-refractivity contribution in [1.82, 2.24) is 10.2 Å². The summed E-state index contributed by atoms with van der Waals surface area (Å²) in [7, 11) is 0. The summed E-state index contributed by atoms with van der Waals surface area (Å²) < 4.78 is 0. The zero-order valence-electron chi connectivity index (χ0n) is 18.5. The van der Waals surface area contributed by atoms with Crippen LogP contribution in [-0.2, 0) is 19.9 Å². The molecule has 170 valence electrons. The van der Waals surface area contributed by atoms with Crippen molar-refractivity contribution in [3.8, 4) is 0 Å². The number of carbonyl (C=O) groups is 4. The number of benzene rings is 3. The Kier molecular flexibility index (Phi) is 5.24. The van der Waals surface area contributed by atoms with Gasteiger partial charge in [0.25, 0.3) is 17.7 Å². The lowest BCUT2D eigenvalue weighted by Gasteiger charge is -2.35. The van der Waals surface area contributed by atoms with Gasteiger partial charge in [-0.1, -0.05) is 66.7 Å². The lowest BCUT2D eigenvalue weighted by Crippen LogP contribution is -2.52. The molecule has 2 heterocycles. The fourth-order valence-corrected chi connectivity index (χ4v) is 5.35. The molecule has 0 radical (unpaired) electrons. The molecule has 7 heteroatoms. The summed E-state index contributed by atoms with van der Waals surface area (Å²) in [5.74, 6) is -2.24. The number of fused-ring (bicyclic) bond motifs is 2. The number of anilines is 1. The predicted molar refractivity (Wildman–Crippen MR) is 126 cm³/mol. The maximum absolute atomic E-state index is 14.1. The van der Waals surface area contributed by atoms with Crippen LogP contribution >= 0.6 is 0 Å². The molecule has 5 rings (SSSR count). The number of hydrogen-bond acceptors (Lipinski definition) is 4. The molecule has 0 aromatic heterocycles. The van der Waals surface area contributed by atoms with Crippen LogP contribution in [0.15, 0.2) is 84.9 Å². The monoisotopic (exact) mass is 453 g/mol. The average Bonchev–Trinajstić information content (AvgIpc) is 3.28. The minimum absolute atomic E-state index is 0.359. The van der Waals surface area contributed by atoms with Crippen molar-refractivity contribution in [3.63, 3.8) is 0 Å². The van der Waals surface area contributed by atoms with E-state index in [1.54, 1.807) is 47.4 Å². The lowest BCUT2D eigenvalue weighted by molar-refractivity contribution is -0.146. The van der Waals surface area contributed by atoms with Crippen LogP contribution in [-0.4, -0.2) is 41.6 Å². The molecule has 0 saturated carbocycles. The van der Waals surface area contributed by atoms with Crippen LogP contribution in [0.4, 0.5) is 5.69 Å². The highest BCUT2D eigenvalue weighted by atomic mass is 16.2. The van der Waals surface area contributed by atoms with E-state index in [-0.39, 0.29) is 5.91 Å². The highest BCUT2D eigenvalue weighted by molar-refractivity contribution is 6.15. The van der Waals surface area contributed by atoms with Crippen LogP contribution in [0, 0.1) is 0 Å². The molecule has 34 heavy (non-hydrogen) atoms. The number of amides is 4. The predicted octanol–water partition coefficient (Wildman–Crippen LogP) is 2.83. The molecule has 1 N–H and O–H groups in total. The second-order valence-electron chi connectivity index (χ2n) is 8.35. The summed E-state index contributed by atoms with van der Waals surface area (Å²) >= 11 is 0. The molecule has 2 aliphatic heterocycles. The van der Waals surface area contributed by atoms with Crippen LogP contribution in [0.3, 0.4) is 0 Å². The Balaban J connectivity index is 1.73. The summed E-state index contributed by atoms with van der Waals surface area (Å²) in [4.78, 5) is 55.9. The van der Waals surface area contributed by atoms with E-state index in [0.717, 1.165) is 4.90 Å². The van der Waals surface area contributed by atoms with Gasteiger partial charge in [0.05, 0.1) is 5.92 Å². The number of para-hydroxylation sites is 1. The third-order valence-corrected chi connectivity index (χ3v) is 6.75. The van der Waals surface area contributed by atoms with Gasteiger partial charge in [0.15, 0.2) is 5.54 Å². The van der Waals surface area contributed by atoms with Gasteiger partial charge >= 0.3 is 0 Å². The van der Waals surface area contributed by atoms with E-state index in [2.05, 4.69) is 5.32 Å². The molecule has 3 atom stereocenters. The first-order valence-electron chi connectivity index (χ1n) is 11.2. The largest absolute Gasteiger partial charge is 0.339 e. The number of hydrogen-bond donors (Lipinski definition) is 1. The standard InChI is InChI=1S/C27H23N3O4/c1-2-29-21-16-10-9-15-20(21)27(26(29)34)22(18-11-5-3-6-12-18)23(25(33)30(27)17-31)28-24(32)19-13-7-4-8-14-19/h3-17,22-23H,2H2,1H3,(H,28,32). The Bertz CT molecular complexity index is 1280. The van der Waals surface area contributed by atoms with Crippen molar-refractivity contribution >= 4 is 29.8 Å². The molecule has 7 nitrogen and oxygen atoms in total. The number of likely N-dealkylation sites (tertiary alicyclic amines) is 1. The van der Waals surface area contributed by atoms with Gasteiger partial charge in [0.1, 0.15) is 6.04 Å². The first-order valence-corrected chi connectivity index (χ1v) is 11.2. The van der Waals surface area contributed by atoms with E-state index in [4.69, 9.17) is 0 Å². The van der Waals surface area contributed by atoms with E-state index in [0.29, 0.717) is 35.3 Å². The molecule has 3 aromatic rings. The van der Waals surface area contributed by atoms with Crippen molar-refractivity contribution in [2.24, 2.45) is 0 Å². The van der Waals surface area contributed by atoms with E-state index in [1.807, 2.05) is 49.4 Å². The molecule has 3 unspecified atom stereocenters. The topological polar surface area (TPSA) is 86.8 Å². The van der Waals surface area contributed by atoms with Crippen molar-refractivity contribution < 1.29 is 19.2 Å². The molecule has 0 aliphatic carbocycles. The normalized spacial score (nSPS) is 23.3. The van der Waals surface area contributed by atoms with E-state index in [1.165, 1.54) is 0 Å². The SMILES string of the molecule is CCN1C(=O)C2(c3ccccc31)C(c1ccccc1)C(NC(=O)c1ccccc1)C(=O)N2C=O.